The molecule has 15 heteroatoms. The highest BCUT2D eigenvalue weighted by Gasteiger charge is 2.38. The Morgan fingerprint density at radius 3 is 2.61 bits per heavy atom. The zero-order chi connectivity index (χ0) is 36.8. The first-order chi connectivity index (χ1) is 24.5. The Morgan fingerprint density at radius 1 is 1.12 bits per heavy atom. The maximum atomic E-state index is 13.3. The Labute approximate surface area is 294 Å². The molecule has 0 unspecified atom stereocenters. The number of halogens is 3. The lowest BCUT2D eigenvalue weighted by Gasteiger charge is -2.29. The minimum atomic E-state index is -5.08. The summed E-state index contributed by atoms with van der Waals surface area (Å²) < 4.78 is 45.2. The molecule has 2 aromatic carbocycles. The first-order valence-corrected chi connectivity index (χ1v) is 17.2. The van der Waals surface area contributed by atoms with Crippen LogP contribution < -0.4 is 15.4 Å². The zero-order valence-electron chi connectivity index (χ0n) is 28.7. The number of carboxylic acids is 1. The largest absolute Gasteiger partial charge is 0.506 e. The lowest BCUT2D eigenvalue weighted by atomic mass is 10.0. The molecular formula is C36H46F3N5O7. The Morgan fingerprint density at radius 2 is 1.88 bits per heavy atom. The molecule has 1 aliphatic carbocycles. The highest BCUT2D eigenvalue weighted by molar-refractivity contribution is 5.97. The van der Waals surface area contributed by atoms with Crippen LogP contribution in [-0.2, 0) is 38.5 Å². The van der Waals surface area contributed by atoms with Gasteiger partial charge in [-0.1, -0.05) is 50.1 Å². The second kappa shape index (κ2) is 19.1. The first-order valence-electron chi connectivity index (χ1n) is 17.2. The van der Waals surface area contributed by atoms with Gasteiger partial charge in [-0.25, -0.2) is 4.79 Å². The third-order valence-corrected chi connectivity index (χ3v) is 8.60. The molecule has 0 bridgehead atoms. The number of phenolic OH excluding ortho intramolecular Hbond substituents is 1. The van der Waals surface area contributed by atoms with Gasteiger partial charge in [0.25, 0.3) is 5.91 Å². The van der Waals surface area contributed by atoms with Crippen molar-refractivity contribution in [2.24, 2.45) is 0 Å². The molecule has 12 nitrogen and oxygen atoms in total. The number of nitrogens with zero attached hydrogens (tertiary/aromatic N) is 3. The van der Waals surface area contributed by atoms with Crippen LogP contribution in [0, 0.1) is 0 Å². The predicted octanol–water partition coefficient (Wildman–Crippen LogP) is 5.18. The molecule has 0 radical (unpaired) electrons. The van der Waals surface area contributed by atoms with E-state index >= 15 is 0 Å². The normalized spacial score (nSPS) is 14.2. The molecule has 1 aliphatic heterocycles. The number of amides is 2. The van der Waals surface area contributed by atoms with Crippen molar-refractivity contribution in [1.29, 1.82) is 0 Å². The number of alkyl halides is 3. The summed E-state index contributed by atoms with van der Waals surface area (Å²) in [5.41, 5.74) is 4.74. The van der Waals surface area contributed by atoms with Gasteiger partial charge in [-0.05, 0) is 61.4 Å². The average Bonchev–Trinajstić information content (AvgIpc) is 3.81. The Kier molecular flexibility index (Phi) is 14.7. The number of aliphatic carboxylic acids is 1. The van der Waals surface area contributed by atoms with Crippen molar-refractivity contribution in [2.75, 3.05) is 44.8 Å². The van der Waals surface area contributed by atoms with E-state index in [1.807, 2.05) is 21.8 Å². The number of carbonyl (C=O) groups is 3. The third-order valence-electron chi connectivity index (χ3n) is 8.60. The number of aromatic nitrogens is 2. The summed E-state index contributed by atoms with van der Waals surface area (Å²) in [6.07, 6.45) is 6.29. The van der Waals surface area contributed by atoms with E-state index in [0.717, 1.165) is 48.9 Å². The summed E-state index contributed by atoms with van der Waals surface area (Å²) in [5.74, 6) is -2.35. The number of aromatic hydroxyl groups is 1. The standard InChI is InChI=1S/C34H45N5O5.C2HF3O2/c1-2-17-38-23-28(22-36-38)27-7-5-6-25(21-27)13-19-43-20-14-32(42)39(29-8-3-4-9-29)18-16-35-15-12-26-10-11-30(40)33-34(26)44-24-31(41)37-33;3-2(4,5)1(6)7/h5-7,10-11,21-23,29,35,40H,2-4,8-9,12-20,24H2,1H3,(H,37,41);(H,6,7). The molecule has 0 spiro atoms. The number of hydrogen-bond acceptors (Lipinski definition) is 8. The number of hydrogen-bond donors (Lipinski definition) is 4. The number of carbonyl (C=O) groups excluding carboxylic acids is 2. The minimum Gasteiger partial charge on any atom is -0.506 e. The lowest BCUT2D eigenvalue weighted by Crippen LogP contribution is -2.43. The van der Waals surface area contributed by atoms with E-state index in [2.05, 4.69) is 53.1 Å². The number of carboxylic acid groups (broad SMARTS) is 1. The fraction of sp³-hybridized carbons (Fsp3) is 0.500. The van der Waals surface area contributed by atoms with Gasteiger partial charge in [-0.2, -0.15) is 18.3 Å². The fourth-order valence-electron chi connectivity index (χ4n) is 6.05. The summed E-state index contributed by atoms with van der Waals surface area (Å²) in [5, 5.41) is 27.8. The zero-order valence-corrected chi connectivity index (χ0v) is 28.7. The predicted molar refractivity (Wildman–Crippen MR) is 184 cm³/mol. The maximum absolute atomic E-state index is 13.3. The van der Waals surface area contributed by atoms with E-state index in [1.165, 1.54) is 18.4 Å². The van der Waals surface area contributed by atoms with E-state index in [4.69, 9.17) is 19.4 Å². The molecule has 51 heavy (non-hydrogen) atoms. The van der Waals surface area contributed by atoms with Crippen LogP contribution in [0.5, 0.6) is 11.5 Å². The molecule has 0 saturated heterocycles. The van der Waals surface area contributed by atoms with Gasteiger partial charge >= 0.3 is 12.1 Å². The summed E-state index contributed by atoms with van der Waals surface area (Å²) in [6, 6.07) is 12.2. The number of aryl methyl sites for hydroxylation is 1. The van der Waals surface area contributed by atoms with E-state index in [-0.39, 0.29) is 24.2 Å². The fourth-order valence-corrected chi connectivity index (χ4v) is 6.05. The first kappa shape index (κ1) is 39.2. The molecule has 1 saturated carbocycles. The number of rotatable bonds is 16. The summed E-state index contributed by atoms with van der Waals surface area (Å²) in [6.45, 7) is 6.04. The Balaban J connectivity index is 0.000000755. The molecule has 5 rings (SSSR count). The van der Waals surface area contributed by atoms with Gasteiger partial charge in [0.15, 0.2) is 12.4 Å². The van der Waals surface area contributed by atoms with Gasteiger partial charge < -0.3 is 35.2 Å². The van der Waals surface area contributed by atoms with E-state index in [0.29, 0.717) is 63.2 Å². The quantitative estimate of drug-likeness (QED) is 0.116. The molecule has 4 N–H and O–H groups in total. The van der Waals surface area contributed by atoms with Gasteiger partial charge in [0, 0.05) is 37.4 Å². The average molecular weight is 718 g/mol. The number of phenols is 1. The molecule has 1 fully saturated rings. The van der Waals surface area contributed by atoms with E-state index in [9.17, 15) is 27.9 Å². The number of anilines is 1. The Bertz CT molecular complexity index is 1610. The minimum absolute atomic E-state index is 0.000226. The summed E-state index contributed by atoms with van der Waals surface area (Å²) >= 11 is 0. The van der Waals surface area contributed by atoms with E-state index < -0.39 is 12.1 Å². The van der Waals surface area contributed by atoms with Crippen LogP contribution in [0.2, 0.25) is 0 Å². The number of fused-ring (bicyclic) bond motifs is 1. The van der Waals surface area contributed by atoms with Gasteiger partial charge in [-0.3, -0.25) is 14.3 Å². The molecular weight excluding hydrogens is 671 g/mol. The Hall–Kier alpha value is -4.63. The van der Waals surface area contributed by atoms with Crippen LogP contribution in [0.25, 0.3) is 11.1 Å². The molecule has 278 valence electrons. The van der Waals surface area contributed by atoms with E-state index in [1.54, 1.807) is 6.07 Å². The van der Waals surface area contributed by atoms with Crippen LogP contribution in [0.4, 0.5) is 18.9 Å². The third kappa shape index (κ3) is 12.0. The lowest BCUT2D eigenvalue weighted by molar-refractivity contribution is -0.192. The second-order valence-corrected chi connectivity index (χ2v) is 12.4. The maximum Gasteiger partial charge on any atom is 0.490 e. The monoisotopic (exact) mass is 717 g/mol. The number of benzene rings is 2. The van der Waals surface area contributed by atoms with Crippen LogP contribution in [0.1, 0.15) is 56.6 Å². The van der Waals surface area contributed by atoms with Crippen molar-refractivity contribution in [3.8, 4) is 22.6 Å². The van der Waals surface area contributed by atoms with Crippen LogP contribution in [0.3, 0.4) is 0 Å². The molecule has 2 aliphatic rings. The number of nitrogens with one attached hydrogen (secondary N) is 2. The highest BCUT2D eigenvalue weighted by Crippen LogP contribution is 2.39. The SMILES string of the molecule is CCCn1cc(-c2cccc(CCOCCC(=O)N(CCNCCc3ccc(O)c4c3OCC(=O)N4)C3CCCC3)c2)cn1.O=C(O)C(F)(F)F. The van der Waals surface area contributed by atoms with Gasteiger partial charge in [0.2, 0.25) is 5.91 Å². The van der Waals surface area contributed by atoms with Crippen molar-refractivity contribution in [2.45, 2.75) is 77.1 Å². The van der Waals surface area contributed by atoms with Crippen molar-refractivity contribution in [1.82, 2.24) is 20.0 Å². The van der Waals surface area contributed by atoms with Crippen molar-refractivity contribution < 1.29 is 47.2 Å². The smallest absolute Gasteiger partial charge is 0.490 e. The second-order valence-electron chi connectivity index (χ2n) is 12.4. The number of ether oxygens (including phenoxy) is 2. The summed E-state index contributed by atoms with van der Waals surface area (Å²) in [4.78, 5) is 35.8. The van der Waals surface area contributed by atoms with Crippen molar-refractivity contribution in [3.63, 3.8) is 0 Å². The molecule has 3 aromatic rings. The molecule has 0 atom stereocenters. The highest BCUT2D eigenvalue weighted by atomic mass is 19.4. The van der Waals surface area contributed by atoms with Crippen molar-refractivity contribution in [3.05, 3.63) is 59.9 Å². The van der Waals surface area contributed by atoms with Gasteiger partial charge in [0.05, 0.1) is 25.8 Å². The van der Waals surface area contributed by atoms with Crippen LogP contribution >= 0.6 is 0 Å². The van der Waals surface area contributed by atoms with Gasteiger partial charge in [-0.15, -0.1) is 0 Å². The van der Waals surface area contributed by atoms with Gasteiger partial charge in [0.1, 0.15) is 11.4 Å². The van der Waals surface area contributed by atoms with Crippen LogP contribution in [-0.4, -0.2) is 94.4 Å². The summed E-state index contributed by atoms with van der Waals surface area (Å²) in [7, 11) is 0. The molecule has 1 aromatic heterocycles. The van der Waals surface area contributed by atoms with Crippen molar-refractivity contribution >= 4 is 23.5 Å². The topological polar surface area (TPSA) is 155 Å². The van der Waals surface area contributed by atoms with Crippen LogP contribution in [0.15, 0.2) is 48.8 Å². The molecule has 2 heterocycles. The molecule has 2 amide bonds.